The van der Waals surface area contributed by atoms with Crippen LogP contribution in [0.4, 0.5) is 0 Å². The van der Waals surface area contributed by atoms with Gasteiger partial charge in [0.1, 0.15) is 5.75 Å². The summed E-state index contributed by atoms with van der Waals surface area (Å²) < 4.78 is 5.28. The molecule has 0 saturated carbocycles. The highest BCUT2D eigenvalue weighted by molar-refractivity contribution is 5.85. The number of H-pyrrole nitrogens is 1. The molecule has 0 radical (unpaired) electrons. The molecule has 1 aliphatic rings. The summed E-state index contributed by atoms with van der Waals surface area (Å²) in [6, 6.07) is 6.20. The Labute approximate surface area is 94.8 Å². The SMILES string of the molecule is COc1ccc2[nH]cc(C3CCNC3)c2c1. The number of nitrogens with one attached hydrogen (secondary N) is 2. The number of hydrogen-bond donors (Lipinski definition) is 2. The molecule has 2 aromatic rings. The number of rotatable bonds is 2. The fraction of sp³-hybridized carbons (Fsp3) is 0.385. The van der Waals surface area contributed by atoms with E-state index >= 15 is 0 Å². The Morgan fingerprint density at radius 1 is 1.38 bits per heavy atom. The lowest BCUT2D eigenvalue weighted by Gasteiger charge is -2.07. The van der Waals surface area contributed by atoms with Gasteiger partial charge in [-0.05, 0) is 42.6 Å². The summed E-state index contributed by atoms with van der Waals surface area (Å²) >= 11 is 0. The Kier molecular flexibility index (Phi) is 2.33. The van der Waals surface area contributed by atoms with Gasteiger partial charge in [-0.15, -0.1) is 0 Å². The number of benzene rings is 1. The van der Waals surface area contributed by atoms with Crippen molar-refractivity contribution in [3.8, 4) is 5.75 Å². The molecule has 2 heterocycles. The van der Waals surface area contributed by atoms with Gasteiger partial charge < -0.3 is 15.0 Å². The van der Waals surface area contributed by atoms with Crippen LogP contribution in [0.2, 0.25) is 0 Å². The van der Waals surface area contributed by atoms with Crippen molar-refractivity contribution < 1.29 is 4.74 Å². The third kappa shape index (κ3) is 1.48. The number of methoxy groups -OCH3 is 1. The van der Waals surface area contributed by atoms with Gasteiger partial charge in [0.25, 0.3) is 0 Å². The van der Waals surface area contributed by atoms with Gasteiger partial charge in [-0.2, -0.15) is 0 Å². The molecule has 1 aromatic carbocycles. The molecule has 0 aliphatic carbocycles. The van der Waals surface area contributed by atoms with E-state index in [0.717, 1.165) is 18.8 Å². The summed E-state index contributed by atoms with van der Waals surface area (Å²) in [5, 5.41) is 4.71. The molecule has 1 aromatic heterocycles. The Bertz CT molecular complexity index is 498. The lowest BCUT2D eigenvalue weighted by molar-refractivity contribution is 0.415. The van der Waals surface area contributed by atoms with Crippen molar-refractivity contribution in [2.24, 2.45) is 0 Å². The summed E-state index contributed by atoms with van der Waals surface area (Å²) in [6.45, 7) is 2.21. The number of ether oxygens (including phenoxy) is 1. The van der Waals surface area contributed by atoms with Crippen molar-refractivity contribution in [1.29, 1.82) is 0 Å². The molecule has 1 fully saturated rings. The number of fused-ring (bicyclic) bond motifs is 1. The number of hydrogen-bond acceptors (Lipinski definition) is 2. The maximum Gasteiger partial charge on any atom is 0.119 e. The summed E-state index contributed by atoms with van der Waals surface area (Å²) in [5.41, 5.74) is 2.61. The zero-order chi connectivity index (χ0) is 11.0. The molecule has 3 heteroatoms. The quantitative estimate of drug-likeness (QED) is 0.808. The van der Waals surface area contributed by atoms with E-state index in [-0.39, 0.29) is 0 Å². The lowest BCUT2D eigenvalue weighted by atomic mass is 9.98. The second-order valence-corrected chi connectivity index (χ2v) is 4.35. The summed E-state index contributed by atoms with van der Waals surface area (Å²) in [7, 11) is 1.71. The van der Waals surface area contributed by atoms with Crippen LogP contribution in [0.15, 0.2) is 24.4 Å². The van der Waals surface area contributed by atoms with Gasteiger partial charge in [-0.25, -0.2) is 0 Å². The second kappa shape index (κ2) is 3.83. The first kappa shape index (κ1) is 9.73. The maximum atomic E-state index is 5.28. The molecule has 0 amide bonds. The van der Waals surface area contributed by atoms with E-state index in [1.807, 2.05) is 6.07 Å². The van der Waals surface area contributed by atoms with Gasteiger partial charge in [0.15, 0.2) is 0 Å². The maximum absolute atomic E-state index is 5.28. The predicted molar refractivity (Wildman–Crippen MR) is 65.1 cm³/mol. The van der Waals surface area contributed by atoms with Crippen molar-refractivity contribution >= 4 is 10.9 Å². The minimum atomic E-state index is 0.640. The predicted octanol–water partition coefficient (Wildman–Crippen LogP) is 2.25. The smallest absolute Gasteiger partial charge is 0.119 e. The second-order valence-electron chi connectivity index (χ2n) is 4.35. The molecule has 1 aliphatic heterocycles. The fourth-order valence-corrected chi connectivity index (χ4v) is 2.51. The Balaban J connectivity index is 2.09. The van der Waals surface area contributed by atoms with Crippen molar-refractivity contribution in [2.45, 2.75) is 12.3 Å². The highest BCUT2D eigenvalue weighted by atomic mass is 16.5. The standard InChI is InChI=1S/C13H16N2O/c1-16-10-2-3-13-11(6-10)12(8-15-13)9-4-5-14-7-9/h2-3,6,8-9,14-15H,4-5,7H2,1H3. The van der Waals surface area contributed by atoms with Crippen LogP contribution in [0.1, 0.15) is 17.9 Å². The molecule has 3 rings (SSSR count). The normalized spacial score (nSPS) is 20.4. The minimum Gasteiger partial charge on any atom is -0.497 e. The largest absolute Gasteiger partial charge is 0.497 e. The van der Waals surface area contributed by atoms with Crippen LogP contribution >= 0.6 is 0 Å². The van der Waals surface area contributed by atoms with Crippen molar-refractivity contribution in [3.63, 3.8) is 0 Å². The first-order chi connectivity index (χ1) is 7.88. The van der Waals surface area contributed by atoms with Crippen LogP contribution in [-0.2, 0) is 0 Å². The van der Waals surface area contributed by atoms with E-state index in [9.17, 15) is 0 Å². The third-order valence-corrected chi connectivity index (χ3v) is 3.42. The Hall–Kier alpha value is -1.48. The van der Waals surface area contributed by atoms with Crippen molar-refractivity contribution in [1.82, 2.24) is 10.3 Å². The molecular formula is C13H16N2O. The van der Waals surface area contributed by atoms with Gasteiger partial charge in [0.05, 0.1) is 7.11 Å². The molecule has 1 atom stereocenters. The number of aromatic nitrogens is 1. The summed E-state index contributed by atoms with van der Waals surface area (Å²) in [4.78, 5) is 3.33. The average Bonchev–Trinajstić information content (AvgIpc) is 2.96. The number of aromatic amines is 1. The topological polar surface area (TPSA) is 37.0 Å². The molecule has 0 spiro atoms. The van der Waals surface area contributed by atoms with Crippen LogP contribution in [-0.4, -0.2) is 25.2 Å². The average molecular weight is 216 g/mol. The zero-order valence-electron chi connectivity index (χ0n) is 9.42. The molecule has 2 N–H and O–H groups in total. The van der Waals surface area contributed by atoms with Crippen LogP contribution in [0, 0.1) is 0 Å². The van der Waals surface area contributed by atoms with Crippen molar-refractivity contribution in [3.05, 3.63) is 30.0 Å². The van der Waals surface area contributed by atoms with E-state index < -0.39 is 0 Å². The van der Waals surface area contributed by atoms with E-state index in [0.29, 0.717) is 5.92 Å². The molecule has 1 unspecified atom stereocenters. The lowest BCUT2D eigenvalue weighted by Crippen LogP contribution is -2.07. The van der Waals surface area contributed by atoms with Crippen molar-refractivity contribution in [2.75, 3.05) is 20.2 Å². The highest BCUT2D eigenvalue weighted by Crippen LogP contribution is 2.31. The molecule has 3 nitrogen and oxygen atoms in total. The van der Waals surface area contributed by atoms with E-state index in [2.05, 4.69) is 28.6 Å². The van der Waals surface area contributed by atoms with Gasteiger partial charge in [0, 0.05) is 23.6 Å². The van der Waals surface area contributed by atoms with Gasteiger partial charge in [-0.1, -0.05) is 0 Å². The van der Waals surface area contributed by atoms with Crippen LogP contribution in [0.25, 0.3) is 10.9 Å². The molecule has 84 valence electrons. The first-order valence-corrected chi connectivity index (χ1v) is 5.74. The Morgan fingerprint density at radius 3 is 3.06 bits per heavy atom. The first-order valence-electron chi connectivity index (χ1n) is 5.74. The van der Waals surface area contributed by atoms with E-state index in [1.54, 1.807) is 7.11 Å². The molecular weight excluding hydrogens is 200 g/mol. The monoisotopic (exact) mass is 216 g/mol. The molecule has 0 bridgehead atoms. The van der Waals surface area contributed by atoms with Crippen LogP contribution in [0.5, 0.6) is 5.75 Å². The summed E-state index contributed by atoms with van der Waals surface area (Å²) in [6.07, 6.45) is 3.37. The van der Waals surface area contributed by atoms with Crippen LogP contribution in [0.3, 0.4) is 0 Å². The van der Waals surface area contributed by atoms with Gasteiger partial charge in [0.2, 0.25) is 0 Å². The minimum absolute atomic E-state index is 0.640. The van der Waals surface area contributed by atoms with E-state index in [1.165, 1.54) is 22.9 Å². The molecule has 1 saturated heterocycles. The van der Waals surface area contributed by atoms with Gasteiger partial charge >= 0.3 is 0 Å². The van der Waals surface area contributed by atoms with Gasteiger partial charge in [-0.3, -0.25) is 0 Å². The Morgan fingerprint density at radius 2 is 2.31 bits per heavy atom. The summed E-state index contributed by atoms with van der Waals surface area (Å²) in [5.74, 6) is 1.57. The van der Waals surface area contributed by atoms with Crippen LogP contribution < -0.4 is 10.1 Å². The zero-order valence-corrected chi connectivity index (χ0v) is 9.42. The fourth-order valence-electron chi connectivity index (χ4n) is 2.51. The highest BCUT2D eigenvalue weighted by Gasteiger charge is 2.19. The van der Waals surface area contributed by atoms with E-state index in [4.69, 9.17) is 4.74 Å². The third-order valence-electron chi connectivity index (χ3n) is 3.42. The molecule has 16 heavy (non-hydrogen) atoms.